The highest BCUT2D eigenvalue weighted by Gasteiger charge is 2.20. The van der Waals surface area contributed by atoms with E-state index < -0.39 is 0 Å². The van der Waals surface area contributed by atoms with Crippen LogP contribution in [0.25, 0.3) is 32.8 Å². The molecule has 0 radical (unpaired) electrons. The molecule has 128 valence electrons. The summed E-state index contributed by atoms with van der Waals surface area (Å²) in [4.78, 5) is 4.75. The number of aromatic nitrogens is 1. The lowest BCUT2D eigenvalue weighted by Crippen LogP contribution is -2.09. The number of nitrogens with zero attached hydrogens (tertiary/aromatic N) is 1. The topological polar surface area (TPSA) is 48.1 Å². The number of pyridine rings is 1. The van der Waals surface area contributed by atoms with Gasteiger partial charge in [-0.05, 0) is 59.7 Å². The molecule has 0 bridgehead atoms. The van der Waals surface area contributed by atoms with Gasteiger partial charge in [0.2, 0.25) is 0 Å². The van der Waals surface area contributed by atoms with E-state index in [1.54, 1.807) is 0 Å². The standard InChI is InChI=1S/C23H20N2O/c1-13-14(2)22(24)17-6-4-3-5-16(17)20(13)18-7-8-19-21-15(10-12-26-19)9-11-25-23(18)21/h3-9,11H,10,12,24H2,1-2H3. The van der Waals surface area contributed by atoms with Gasteiger partial charge in [0.15, 0.2) is 0 Å². The molecule has 3 aromatic carbocycles. The second kappa shape index (κ2) is 5.46. The van der Waals surface area contributed by atoms with Gasteiger partial charge in [-0.15, -0.1) is 0 Å². The van der Waals surface area contributed by atoms with Crippen molar-refractivity contribution in [1.29, 1.82) is 0 Å². The molecule has 0 amide bonds. The molecule has 0 saturated heterocycles. The van der Waals surface area contributed by atoms with Gasteiger partial charge in [-0.1, -0.05) is 24.3 Å². The zero-order valence-electron chi connectivity index (χ0n) is 15.0. The van der Waals surface area contributed by atoms with Crippen molar-refractivity contribution in [3.05, 3.63) is 65.4 Å². The second-order valence-electron chi connectivity index (χ2n) is 6.99. The van der Waals surface area contributed by atoms with Gasteiger partial charge < -0.3 is 10.5 Å². The van der Waals surface area contributed by atoms with Crippen molar-refractivity contribution in [1.82, 2.24) is 4.98 Å². The van der Waals surface area contributed by atoms with Crippen molar-refractivity contribution in [2.75, 3.05) is 12.3 Å². The number of nitrogen functional groups attached to an aromatic ring is 1. The van der Waals surface area contributed by atoms with Crippen molar-refractivity contribution in [2.24, 2.45) is 0 Å². The molecule has 1 aliphatic rings. The fourth-order valence-electron chi connectivity index (χ4n) is 4.18. The number of hydrogen-bond acceptors (Lipinski definition) is 3. The highest BCUT2D eigenvalue weighted by Crippen LogP contribution is 2.43. The van der Waals surface area contributed by atoms with E-state index in [2.05, 4.69) is 50.2 Å². The van der Waals surface area contributed by atoms with Crippen LogP contribution in [0.2, 0.25) is 0 Å². The van der Waals surface area contributed by atoms with E-state index in [4.69, 9.17) is 15.5 Å². The summed E-state index contributed by atoms with van der Waals surface area (Å²) in [6.45, 7) is 4.98. The van der Waals surface area contributed by atoms with E-state index in [0.717, 1.165) is 51.9 Å². The van der Waals surface area contributed by atoms with Crippen LogP contribution < -0.4 is 10.5 Å². The third-order valence-corrected chi connectivity index (χ3v) is 5.67. The Morgan fingerprint density at radius 1 is 0.962 bits per heavy atom. The summed E-state index contributed by atoms with van der Waals surface area (Å²) >= 11 is 0. The van der Waals surface area contributed by atoms with Crippen molar-refractivity contribution in [3.63, 3.8) is 0 Å². The average Bonchev–Trinajstić information content (AvgIpc) is 2.68. The number of fused-ring (bicyclic) bond motifs is 1. The first kappa shape index (κ1) is 15.2. The second-order valence-corrected chi connectivity index (χ2v) is 6.99. The Balaban J connectivity index is 1.96. The smallest absolute Gasteiger partial charge is 0.129 e. The Hall–Kier alpha value is -3.07. The SMILES string of the molecule is Cc1c(C)c(-c2ccc3c4c(ccnc24)CCO3)c2ccccc2c1N. The average molecular weight is 340 g/mol. The lowest BCUT2D eigenvalue weighted by Gasteiger charge is -2.21. The Morgan fingerprint density at radius 3 is 2.62 bits per heavy atom. The molecule has 0 unspecified atom stereocenters. The molecule has 1 aromatic heterocycles. The summed E-state index contributed by atoms with van der Waals surface area (Å²) < 4.78 is 5.89. The van der Waals surface area contributed by atoms with E-state index in [1.165, 1.54) is 22.1 Å². The fourth-order valence-corrected chi connectivity index (χ4v) is 4.18. The van der Waals surface area contributed by atoms with Crippen LogP contribution in [0.4, 0.5) is 5.69 Å². The van der Waals surface area contributed by atoms with Gasteiger partial charge in [0.25, 0.3) is 0 Å². The number of hydrogen-bond donors (Lipinski definition) is 1. The third-order valence-electron chi connectivity index (χ3n) is 5.67. The van der Waals surface area contributed by atoms with Crippen molar-refractivity contribution in [3.8, 4) is 16.9 Å². The maximum atomic E-state index is 6.42. The maximum absolute atomic E-state index is 6.42. The summed E-state index contributed by atoms with van der Waals surface area (Å²) in [5, 5.41) is 3.42. The van der Waals surface area contributed by atoms with E-state index >= 15 is 0 Å². The Kier molecular flexibility index (Phi) is 3.20. The molecule has 3 nitrogen and oxygen atoms in total. The Morgan fingerprint density at radius 2 is 1.77 bits per heavy atom. The zero-order chi connectivity index (χ0) is 17.8. The summed E-state index contributed by atoms with van der Waals surface area (Å²) in [6.07, 6.45) is 2.84. The van der Waals surface area contributed by atoms with Crippen molar-refractivity contribution < 1.29 is 4.74 Å². The van der Waals surface area contributed by atoms with Gasteiger partial charge in [-0.3, -0.25) is 4.98 Å². The van der Waals surface area contributed by atoms with Gasteiger partial charge in [0.1, 0.15) is 5.75 Å². The van der Waals surface area contributed by atoms with Crippen LogP contribution >= 0.6 is 0 Å². The molecule has 2 heterocycles. The first-order valence-electron chi connectivity index (χ1n) is 8.98. The summed E-state index contributed by atoms with van der Waals surface area (Å²) in [5.41, 5.74) is 14.3. The van der Waals surface area contributed by atoms with E-state index in [9.17, 15) is 0 Å². The molecular weight excluding hydrogens is 320 g/mol. The normalized spacial score (nSPS) is 13.2. The van der Waals surface area contributed by atoms with Crippen LogP contribution in [0.3, 0.4) is 0 Å². The highest BCUT2D eigenvalue weighted by atomic mass is 16.5. The van der Waals surface area contributed by atoms with Crippen molar-refractivity contribution >= 4 is 27.4 Å². The fraction of sp³-hybridized carbons (Fsp3) is 0.174. The number of ether oxygens (including phenoxy) is 1. The minimum absolute atomic E-state index is 0.731. The van der Waals surface area contributed by atoms with E-state index in [-0.39, 0.29) is 0 Å². The van der Waals surface area contributed by atoms with E-state index in [0.29, 0.717) is 0 Å². The number of benzene rings is 3. The first-order chi connectivity index (χ1) is 12.7. The summed E-state index contributed by atoms with van der Waals surface area (Å²) in [7, 11) is 0. The highest BCUT2D eigenvalue weighted by molar-refractivity contribution is 6.11. The molecule has 4 aromatic rings. The minimum Gasteiger partial charge on any atom is -0.493 e. The Bertz CT molecular complexity index is 1180. The van der Waals surface area contributed by atoms with Gasteiger partial charge in [0.05, 0.1) is 12.1 Å². The molecule has 2 N–H and O–H groups in total. The third kappa shape index (κ3) is 1.97. The predicted molar refractivity (Wildman–Crippen MR) is 108 cm³/mol. The number of nitrogens with two attached hydrogens (primary N) is 1. The minimum atomic E-state index is 0.731. The largest absolute Gasteiger partial charge is 0.493 e. The van der Waals surface area contributed by atoms with E-state index in [1.807, 2.05) is 12.3 Å². The van der Waals surface area contributed by atoms with Crippen LogP contribution in [0, 0.1) is 13.8 Å². The molecular formula is C23H20N2O. The van der Waals surface area contributed by atoms with Gasteiger partial charge in [0, 0.05) is 34.6 Å². The predicted octanol–water partition coefficient (Wildman–Crippen LogP) is 5.19. The molecule has 0 spiro atoms. The summed E-state index contributed by atoms with van der Waals surface area (Å²) in [6, 6.07) is 14.7. The lowest BCUT2D eigenvalue weighted by atomic mass is 9.87. The van der Waals surface area contributed by atoms with Crippen LogP contribution in [0.15, 0.2) is 48.7 Å². The molecule has 3 heteroatoms. The molecule has 26 heavy (non-hydrogen) atoms. The van der Waals surface area contributed by atoms with Crippen LogP contribution in [0.5, 0.6) is 5.75 Å². The maximum Gasteiger partial charge on any atom is 0.129 e. The molecule has 0 saturated carbocycles. The van der Waals surface area contributed by atoms with Gasteiger partial charge in [-0.25, -0.2) is 0 Å². The number of rotatable bonds is 1. The quantitative estimate of drug-likeness (QED) is 0.485. The molecule has 0 fully saturated rings. The Labute approximate surface area is 152 Å². The molecule has 0 atom stereocenters. The van der Waals surface area contributed by atoms with Crippen LogP contribution in [-0.4, -0.2) is 11.6 Å². The molecule has 1 aliphatic heterocycles. The number of anilines is 1. The lowest BCUT2D eigenvalue weighted by molar-refractivity contribution is 0.318. The zero-order valence-corrected chi connectivity index (χ0v) is 15.0. The van der Waals surface area contributed by atoms with Crippen LogP contribution in [0.1, 0.15) is 16.7 Å². The van der Waals surface area contributed by atoms with Crippen molar-refractivity contribution in [2.45, 2.75) is 20.3 Å². The summed E-state index contributed by atoms with van der Waals surface area (Å²) in [5.74, 6) is 0.937. The molecule has 0 aliphatic carbocycles. The van der Waals surface area contributed by atoms with Crippen LogP contribution in [-0.2, 0) is 6.42 Å². The van der Waals surface area contributed by atoms with Gasteiger partial charge >= 0.3 is 0 Å². The monoisotopic (exact) mass is 340 g/mol. The molecule has 5 rings (SSSR count). The van der Waals surface area contributed by atoms with Gasteiger partial charge in [-0.2, -0.15) is 0 Å². The first-order valence-corrected chi connectivity index (χ1v) is 8.98.